The second-order valence-electron chi connectivity index (χ2n) is 12.3. The fraction of sp³-hybridized carbons (Fsp3) is 0.811. The number of carbonyl (C=O) groups excluding carboxylic acids is 1. The second kappa shape index (κ2) is 29.0. The zero-order valence-electron chi connectivity index (χ0n) is 26.7. The molecule has 0 aliphatic carbocycles. The van der Waals surface area contributed by atoms with Crippen molar-refractivity contribution in [1.82, 2.24) is 5.32 Å². The molecule has 0 unspecified atom stereocenters. The summed E-state index contributed by atoms with van der Waals surface area (Å²) in [7, 11) is 0. The molecule has 0 heterocycles. The van der Waals surface area contributed by atoms with Gasteiger partial charge in [0.25, 0.3) is 5.91 Å². The molecule has 3 nitrogen and oxygen atoms in total. The minimum Gasteiger partial charge on any atom is -0.508 e. The summed E-state index contributed by atoms with van der Waals surface area (Å²) in [5.41, 5.74) is 0.609. The average molecular weight is 558 g/mol. The van der Waals surface area contributed by atoms with Gasteiger partial charge in [-0.1, -0.05) is 180 Å². The van der Waals surface area contributed by atoms with Crippen molar-refractivity contribution in [2.45, 2.75) is 187 Å². The van der Waals surface area contributed by atoms with Crippen molar-refractivity contribution in [3.63, 3.8) is 0 Å². The molecule has 3 heteroatoms. The molecule has 1 amide bonds. The Morgan fingerprint density at radius 1 is 0.475 bits per heavy atom. The van der Waals surface area contributed by atoms with Crippen molar-refractivity contribution < 1.29 is 9.90 Å². The van der Waals surface area contributed by atoms with Crippen LogP contribution in [-0.2, 0) is 0 Å². The third-order valence-corrected chi connectivity index (χ3v) is 8.45. The predicted octanol–water partition coefficient (Wildman–Crippen LogP) is 12.1. The highest BCUT2D eigenvalue weighted by Gasteiger charge is 2.04. The zero-order chi connectivity index (χ0) is 28.8. The van der Waals surface area contributed by atoms with Crippen LogP contribution in [0.2, 0.25) is 0 Å². The van der Waals surface area contributed by atoms with E-state index in [1.54, 1.807) is 24.3 Å². The number of phenolic OH excluding ortho intramolecular Hbond substituents is 1. The summed E-state index contributed by atoms with van der Waals surface area (Å²) in [6, 6.07) is 6.42. The Bertz CT molecular complexity index is 657. The Kier molecular flexibility index (Phi) is 26.5. The highest BCUT2D eigenvalue weighted by Crippen LogP contribution is 2.16. The minimum atomic E-state index is -0.0509. The SMILES string of the molecule is CCCCCCCCCCCCCCCCCCCCCCCCCCCCCCNC(=O)c1ccc(O)cc1. The molecule has 2 N–H and O–H groups in total. The molecule has 0 saturated heterocycles. The summed E-state index contributed by atoms with van der Waals surface area (Å²) < 4.78 is 0. The normalized spacial score (nSPS) is 11.2. The molecule has 1 aromatic rings. The molecule has 0 aliphatic heterocycles. The lowest BCUT2D eigenvalue weighted by molar-refractivity contribution is 0.0953. The van der Waals surface area contributed by atoms with Crippen LogP contribution < -0.4 is 5.32 Å². The van der Waals surface area contributed by atoms with E-state index in [2.05, 4.69) is 12.2 Å². The number of aromatic hydroxyl groups is 1. The van der Waals surface area contributed by atoms with Crippen molar-refractivity contribution in [2.75, 3.05) is 6.54 Å². The van der Waals surface area contributed by atoms with E-state index in [4.69, 9.17) is 0 Å². The number of rotatable bonds is 30. The van der Waals surface area contributed by atoms with E-state index in [1.165, 1.54) is 173 Å². The maximum Gasteiger partial charge on any atom is 0.251 e. The van der Waals surface area contributed by atoms with Gasteiger partial charge in [0.2, 0.25) is 0 Å². The Hall–Kier alpha value is -1.51. The fourth-order valence-electron chi connectivity index (χ4n) is 5.71. The Balaban J connectivity index is 1.67. The lowest BCUT2D eigenvalue weighted by atomic mass is 10.0. The number of benzene rings is 1. The van der Waals surface area contributed by atoms with Crippen molar-refractivity contribution in [2.24, 2.45) is 0 Å². The summed E-state index contributed by atoms with van der Waals surface area (Å²) in [5.74, 6) is 0.141. The molecule has 40 heavy (non-hydrogen) atoms. The van der Waals surface area contributed by atoms with Crippen LogP contribution in [0.4, 0.5) is 0 Å². The Morgan fingerprint density at radius 2 is 0.750 bits per heavy atom. The number of hydrogen-bond donors (Lipinski definition) is 2. The highest BCUT2D eigenvalue weighted by molar-refractivity contribution is 5.94. The van der Waals surface area contributed by atoms with Gasteiger partial charge in [-0.2, -0.15) is 0 Å². The summed E-state index contributed by atoms with van der Waals surface area (Å²) in [4.78, 5) is 12.0. The van der Waals surface area contributed by atoms with Crippen LogP contribution in [0.3, 0.4) is 0 Å². The first-order valence-corrected chi connectivity index (χ1v) is 17.8. The lowest BCUT2D eigenvalue weighted by Gasteiger charge is -2.06. The second-order valence-corrected chi connectivity index (χ2v) is 12.3. The number of amides is 1. The molecule has 0 bridgehead atoms. The molecule has 0 aliphatic rings. The van der Waals surface area contributed by atoms with E-state index in [9.17, 15) is 9.90 Å². The molecule has 0 saturated carbocycles. The van der Waals surface area contributed by atoms with Crippen LogP contribution >= 0.6 is 0 Å². The van der Waals surface area contributed by atoms with Gasteiger partial charge in [-0.3, -0.25) is 4.79 Å². The van der Waals surface area contributed by atoms with Crippen LogP contribution in [0.15, 0.2) is 24.3 Å². The van der Waals surface area contributed by atoms with Gasteiger partial charge in [-0.25, -0.2) is 0 Å². The first-order valence-electron chi connectivity index (χ1n) is 17.8. The number of hydrogen-bond acceptors (Lipinski definition) is 2. The lowest BCUT2D eigenvalue weighted by Crippen LogP contribution is -2.24. The summed E-state index contributed by atoms with van der Waals surface area (Å²) in [6.07, 6.45) is 39.5. The van der Waals surface area contributed by atoms with Crippen molar-refractivity contribution in [1.29, 1.82) is 0 Å². The number of unbranched alkanes of at least 4 members (excludes halogenated alkanes) is 27. The Morgan fingerprint density at radius 3 is 1.05 bits per heavy atom. The van der Waals surface area contributed by atoms with Crippen molar-refractivity contribution >= 4 is 5.91 Å². The van der Waals surface area contributed by atoms with E-state index in [0.29, 0.717) is 5.56 Å². The van der Waals surface area contributed by atoms with Gasteiger partial charge in [-0.05, 0) is 30.7 Å². The summed E-state index contributed by atoms with van der Waals surface area (Å²) >= 11 is 0. The molecule has 232 valence electrons. The van der Waals surface area contributed by atoms with Gasteiger partial charge < -0.3 is 10.4 Å². The smallest absolute Gasteiger partial charge is 0.251 e. The molecule has 0 aromatic heterocycles. The highest BCUT2D eigenvalue weighted by atomic mass is 16.3. The first kappa shape index (κ1) is 36.5. The number of nitrogens with one attached hydrogen (secondary N) is 1. The van der Waals surface area contributed by atoms with Crippen LogP contribution in [-0.4, -0.2) is 17.6 Å². The van der Waals surface area contributed by atoms with Crippen LogP contribution in [0.25, 0.3) is 0 Å². The van der Waals surface area contributed by atoms with E-state index in [0.717, 1.165) is 13.0 Å². The molecular weight excluding hydrogens is 490 g/mol. The van der Waals surface area contributed by atoms with Crippen molar-refractivity contribution in [3.8, 4) is 5.75 Å². The third-order valence-electron chi connectivity index (χ3n) is 8.45. The van der Waals surface area contributed by atoms with Crippen LogP contribution in [0, 0.1) is 0 Å². The average Bonchev–Trinajstić information content (AvgIpc) is 2.96. The molecule has 1 rings (SSSR count). The van der Waals surface area contributed by atoms with E-state index in [-0.39, 0.29) is 11.7 Å². The van der Waals surface area contributed by atoms with Gasteiger partial charge in [0.05, 0.1) is 0 Å². The topological polar surface area (TPSA) is 49.3 Å². The summed E-state index contributed by atoms with van der Waals surface area (Å²) in [6.45, 7) is 3.03. The number of phenols is 1. The van der Waals surface area contributed by atoms with Gasteiger partial charge in [0.15, 0.2) is 0 Å². The van der Waals surface area contributed by atoms with Gasteiger partial charge >= 0.3 is 0 Å². The zero-order valence-corrected chi connectivity index (χ0v) is 26.7. The predicted molar refractivity (Wildman–Crippen MR) is 175 cm³/mol. The van der Waals surface area contributed by atoms with Gasteiger partial charge in [-0.15, -0.1) is 0 Å². The molecule has 0 atom stereocenters. The largest absolute Gasteiger partial charge is 0.508 e. The number of carbonyl (C=O) groups is 1. The third kappa shape index (κ3) is 24.3. The minimum absolute atomic E-state index is 0.0509. The Labute approximate surface area is 249 Å². The molecule has 0 radical (unpaired) electrons. The standard InChI is InChI=1S/C37H67NO2/c1-2-3-4-5-6-7-8-9-10-11-12-13-14-15-16-17-18-19-20-21-22-23-24-25-26-27-28-29-34-38-37(40)35-30-32-36(39)33-31-35/h30-33,39H,2-29,34H2,1H3,(H,38,40). The summed E-state index contributed by atoms with van der Waals surface area (Å²) in [5, 5.41) is 12.3. The molecule has 0 spiro atoms. The van der Waals surface area contributed by atoms with E-state index >= 15 is 0 Å². The molecule has 0 fully saturated rings. The maximum atomic E-state index is 12.0. The van der Waals surface area contributed by atoms with E-state index < -0.39 is 0 Å². The van der Waals surface area contributed by atoms with Crippen molar-refractivity contribution in [3.05, 3.63) is 29.8 Å². The first-order chi connectivity index (χ1) is 19.7. The fourth-order valence-corrected chi connectivity index (χ4v) is 5.71. The van der Waals surface area contributed by atoms with Gasteiger partial charge in [0, 0.05) is 12.1 Å². The molecular formula is C37H67NO2. The molecule has 1 aromatic carbocycles. The maximum absolute atomic E-state index is 12.0. The monoisotopic (exact) mass is 558 g/mol. The van der Waals surface area contributed by atoms with Crippen LogP contribution in [0.1, 0.15) is 197 Å². The van der Waals surface area contributed by atoms with E-state index in [1.807, 2.05) is 0 Å². The van der Waals surface area contributed by atoms with Gasteiger partial charge in [0.1, 0.15) is 5.75 Å². The van der Waals surface area contributed by atoms with Crippen LogP contribution in [0.5, 0.6) is 5.75 Å². The quantitative estimate of drug-likeness (QED) is 0.0924.